The largest absolute Gasteiger partial charge is 0.297 e. The third-order valence-corrected chi connectivity index (χ3v) is 6.30. The Morgan fingerprint density at radius 3 is 2.71 bits per heavy atom. The summed E-state index contributed by atoms with van der Waals surface area (Å²) in [6.07, 6.45) is 0. The maximum Gasteiger partial charge on any atom is 0.167 e. The van der Waals surface area contributed by atoms with Crippen LogP contribution in [-0.4, -0.2) is 21.5 Å². The molecule has 3 aromatic rings. The smallest absolute Gasteiger partial charge is 0.167 e. The molecule has 0 saturated carbocycles. The van der Waals surface area contributed by atoms with E-state index in [0.717, 1.165) is 21.3 Å². The Balaban J connectivity index is 1.71. The molecular formula is C17H13N3OS3. The summed E-state index contributed by atoms with van der Waals surface area (Å²) < 4.78 is 0.849. The van der Waals surface area contributed by atoms with Crippen molar-refractivity contribution in [2.24, 2.45) is 0 Å². The maximum absolute atomic E-state index is 12.4. The number of nitriles is 1. The molecule has 0 fully saturated rings. The molecule has 4 nitrogen and oxygen atoms in total. The zero-order valence-electron chi connectivity index (χ0n) is 12.8. The van der Waals surface area contributed by atoms with Crippen molar-refractivity contribution >= 4 is 40.2 Å². The van der Waals surface area contributed by atoms with Gasteiger partial charge < -0.3 is 0 Å². The van der Waals surface area contributed by atoms with Crippen molar-refractivity contribution < 1.29 is 4.79 Å². The highest BCUT2D eigenvalue weighted by Gasteiger charge is 2.24. The van der Waals surface area contributed by atoms with Crippen LogP contribution in [0.15, 0.2) is 45.4 Å². The van der Waals surface area contributed by atoms with Crippen molar-refractivity contribution in [1.82, 2.24) is 9.97 Å². The Morgan fingerprint density at radius 1 is 1.25 bits per heavy atom. The van der Waals surface area contributed by atoms with Gasteiger partial charge in [-0.15, -0.1) is 22.7 Å². The first-order valence-corrected chi connectivity index (χ1v) is 9.90. The number of hydrogen-bond donors (Lipinski definition) is 0. The summed E-state index contributed by atoms with van der Waals surface area (Å²) in [6, 6.07) is 11.8. The summed E-state index contributed by atoms with van der Waals surface area (Å²) >= 11 is 4.24. The van der Waals surface area contributed by atoms with Crippen LogP contribution in [-0.2, 0) is 4.79 Å². The van der Waals surface area contributed by atoms with Gasteiger partial charge >= 0.3 is 0 Å². The van der Waals surface area contributed by atoms with Gasteiger partial charge in [0.05, 0.1) is 17.5 Å². The summed E-state index contributed by atoms with van der Waals surface area (Å²) in [6.45, 7) is 1.92. The highest BCUT2D eigenvalue weighted by atomic mass is 32.2. The number of thiazole rings is 2. The number of aryl methyl sites for hydroxylation is 1. The number of hydrogen-bond acceptors (Lipinski definition) is 7. The molecule has 0 amide bonds. The van der Waals surface area contributed by atoms with Crippen LogP contribution in [0.25, 0.3) is 11.3 Å². The Kier molecular flexibility index (Phi) is 5.41. The van der Waals surface area contributed by atoms with E-state index in [1.807, 2.05) is 48.0 Å². The van der Waals surface area contributed by atoms with Gasteiger partial charge in [-0.2, -0.15) is 5.26 Å². The number of Topliss-reactive ketones (excluding diaryl/α,β-unsaturated/α-hetero) is 1. The molecule has 0 bridgehead atoms. The second-order valence-corrected chi connectivity index (χ2v) is 7.98. The molecule has 24 heavy (non-hydrogen) atoms. The third kappa shape index (κ3) is 3.90. The van der Waals surface area contributed by atoms with E-state index in [0.29, 0.717) is 5.01 Å². The molecule has 2 heterocycles. The zero-order valence-corrected chi connectivity index (χ0v) is 15.3. The molecule has 0 radical (unpaired) electrons. The molecule has 0 unspecified atom stereocenters. The summed E-state index contributed by atoms with van der Waals surface area (Å²) in [7, 11) is 0. The van der Waals surface area contributed by atoms with Crippen LogP contribution in [0.2, 0.25) is 0 Å². The van der Waals surface area contributed by atoms with Crippen molar-refractivity contribution in [3.05, 3.63) is 51.8 Å². The van der Waals surface area contributed by atoms with Gasteiger partial charge in [0.2, 0.25) is 0 Å². The summed E-state index contributed by atoms with van der Waals surface area (Å²) in [5.74, 6) is -0.726. The molecule has 7 heteroatoms. The third-order valence-electron chi connectivity index (χ3n) is 3.23. The highest BCUT2D eigenvalue weighted by molar-refractivity contribution is 8.01. The first-order valence-electron chi connectivity index (χ1n) is 7.15. The highest BCUT2D eigenvalue weighted by Crippen LogP contribution is 2.29. The van der Waals surface area contributed by atoms with Crippen LogP contribution in [0, 0.1) is 18.3 Å². The molecule has 0 aliphatic rings. The number of nitrogens with zero attached hydrogens (tertiary/aromatic N) is 3. The number of carbonyl (C=O) groups excluding carboxylic acids is 1. The number of rotatable bonds is 6. The predicted molar refractivity (Wildman–Crippen MR) is 98.5 cm³/mol. The van der Waals surface area contributed by atoms with Crippen LogP contribution < -0.4 is 0 Å². The molecule has 0 aliphatic carbocycles. The van der Waals surface area contributed by atoms with Gasteiger partial charge in [-0.25, -0.2) is 9.97 Å². The minimum Gasteiger partial charge on any atom is -0.297 e. The SMILES string of the molecule is Cc1csc(SCC(=O)[C@H](C#N)c2nc(-c3ccccc3)cs2)n1. The van der Waals surface area contributed by atoms with Crippen molar-refractivity contribution in [3.63, 3.8) is 0 Å². The Morgan fingerprint density at radius 2 is 2.04 bits per heavy atom. The summed E-state index contributed by atoms with van der Waals surface area (Å²) in [4.78, 5) is 21.2. The Hall–Kier alpha value is -2.01. The van der Waals surface area contributed by atoms with E-state index in [2.05, 4.69) is 16.0 Å². The molecule has 3 rings (SSSR count). The number of benzene rings is 1. The molecule has 2 aromatic heterocycles. The Bertz CT molecular complexity index is 880. The normalized spacial score (nSPS) is 11.8. The summed E-state index contributed by atoms with van der Waals surface area (Å²) in [5.41, 5.74) is 2.72. The van der Waals surface area contributed by atoms with Gasteiger partial charge in [-0.1, -0.05) is 42.1 Å². The number of aromatic nitrogens is 2. The second kappa shape index (κ2) is 7.71. The van der Waals surface area contributed by atoms with E-state index >= 15 is 0 Å². The van der Waals surface area contributed by atoms with Crippen molar-refractivity contribution in [3.8, 4) is 17.3 Å². The van der Waals surface area contributed by atoms with Crippen LogP contribution in [0.1, 0.15) is 16.6 Å². The van der Waals surface area contributed by atoms with Gasteiger partial charge in [0.1, 0.15) is 5.01 Å². The molecule has 0 spiro atoms. The van der Waals surface area contributed by atoms with Gasteiger partial charge in [-0.05, 0) is 6.92 Å². The minimum absolute atomic E-state index is 0.135. The van der Waals surface area contributed by atoms with Gasteiger partial charge in [-0.3, -0.25) is 4.79 Å². The van der Waals surface area contributed by atoms with E-state index in [-0.39, 0.29) is 11.5 Å². The standard InChI is InChI=1S/C17H13N3OS3/c1-11-8-23-17(19-11)24-10-15(21)13(7-18)16-20-14(9-22-16)12-5-3-2-4-6-12/h2-6,8-9,13H,10H2,1H3/t13-/m0/s1. The molecule has 1 aromatic carbocycles. The maximum atomic E-state index is 12.4. The fourth-order valence-corrected chi connectivity index (χ4v) is 4.69. The lowest BCUT2D eigenvalue weighted by Gasteiger charge is -2.03. The van der Waals surface area contributed by atoms with Crippen LogP contribution in [0.5, 0.6) is 0 Å². The molecule has 1 atom stereocenters. The second-order valence-electron chi connectivity index (χ2n) is 5.01. The molecule has 0 aliphatic heterocycles. The van der Waals surface area contributed by atoms with E-state index in [1.165, 1.54) is 34.4 Å². The number of carbonyl (C=O) groups is 1. The lowest BCUT2D eigenvalue weighted by molar-refractivity contribution is -0.116. The van der Waals surface area contributed by atoms with Crippen LogP contribution in [0.3, 0.4) is 0 Å². The lowest BCUT2D eigenvalue weighted by Crippen LogP contribution is -2.13. The van der Waals surface area contributed by atoms with Gasteiger partial charge in [0, 0.05) is 22.0 Å². The monoisotopic (exact) mass is 371 g/mol. The molecular weight excluding hydrogens is 358 g/mol. The van der Waals surface area contributed by atoms with Crippen molar-refractivity contribution in [2.45, 2.75) is 17.2 Å². The first-order chi connectivity index (χ1) is 11.7. The fourth-order valence-electron chi connectivity index (χ4n) is 2.04. The fraction of sp³-hybridized carbons (Fsp3) is 0.176. The predicted octanol–water partition coefficient (Wildman–Crippen LogP) is 4.54. The zero-order chi connectivity index (χ0) is 16.9. The number of thioether (sulfide) groups is 1. The molecule has 120 valence electrons. The van der Waals surface area contributed by atoms with Crippen LogP contribution in [0.4, 0.5) is 0 Å². The van der Waals surface area contributed by atoms with E-state index < -0.39 is 5.92 Å². The van der Waals surface area contributed by atoms with Crippen molar-refractivity contribution in [1.29, 1.82) is 5.26 Å². The van der Waals surface area contributed by atoms with E-state index in [1.54, 1.807) is 0 Å². The van der Waals surface area contributed by atoms with Crippen LogP contribution >= 0.6 is 34.4 Å². The van der Waals surface area contributed by atoms with E-state index in [4.69, 9.17) is 0 Å². The molecule has 0 N–H and O–H groups in total. The Labute approximate surface area is 152 Å². The average molecular weight is 372 g/mol. The summed E-state index contributed by atoms with van der Waals surface area (Å²) in [5, 5.41) is 13.8. The van der Waals surface area contributed by atoms with E-state index in [9.17, 15) is 10.1 Å². The first kappa shape index (κ1) is 16.8. The van der Waals surface area contributed by atoms with Crippen molar-refractivity contribution in [2.75, 3.05) is 5.75 Å². The molecule has 0 saturated heterocycles. The topological polar surface area (TPSA) is 66.6 Å². The van der Waals surface area contributed by atoms with Gasteiger partial charge in [0.25, 0.3) is 0 Å². The minimum atomic E-state index is -0.818. The number of ketones is 1. The quantitative estimate of drug-likeness (QED) is 0.595. The van der Waals surface area contributed by atoms with Gasteiger partial charge in [0.15, 0.2) is 16.0 Å². The lowest BCUT2D eigenvalue weighted by atomic mass is 10.1. The average Bonchev–Trinajstić information content (AvgIpc) is 3.24.